The lowest BCUT2D eigenvalue weighted by Gasteiger charge is -2.33. The Balaban J connectivity index is 2.05. The van der Waals surface area contributed by atoms with Crippen molar-refractivity contribution in [3.63, 3.8) is 0 Å². The summed E-state index contributed by atoms with van der Waals surface area (Å²) in [6.45, 7) is 9.24. The quantitative estimate of drug-likeness (QED) is 0.837. The van der Waals surface area contributed by atoms with Crippen molar-refractivity contribution in [2.75, 3.05) is 24.6 Å². The molecule has 5 nitrogen and oxygen atoms in total. The van der Waals surface area contributed by atoms with Crippen molar-refractivity contribution in [1.29, 1.82) is 0 Å². The standard InChI is InChI=1S/C16H28N4O/c1-4-11-21-15-8-10-18-16(19-15)20(13(2)3)12-14-7-5-6-9-17-14/h8,10,13-14,17H,4-7,9,11-12H2,1-3H3. The van der Waals surface area contributed by atoms with E-state index < -0.39 is 0 Å². The van der Waals surface area contributed by atoms with Gasteiger partial charge in [0.2, 0.25) is 11.8 Å². The van der Waals surface area contributed by atoms with Gasteiger partial charge in [0.1, 0.15) is 0 Å². The molecule has 1 fully saturated rings. The summed E-state index contributed by atoms with van der Waals surface area (Å²) in [4.78, 5) is 11.3. The van der Waals surface area contributed by atoms with E-state index >= 15 is 0 Å². The zero-order chi connectivity index (χ0) is 15.1. The predicted octanol–water partition coefficient (Wildman–Crippen LogP) is 2.62. The second-order valence-corrected chi connectivity index (χ2v) is 5.94. The van der Waals surface area contributed by atoms with Gasteiger partial charge in [0.05, 0.1) is 6.61 Å². The van der Waals surface area contributed by atoms with Crippen LogP contribution in [-0.4, -0.2) is 41.7 Å². The van der Waals surface area contributed by atoms with Gasteiger partial charge in [-0.1, -0.05) is 13.3 Å². The van der Waals surface area contributed by atoms with Crippen molar-refractivity contribution in [1.82, 2.24) is 15.3 Å². The van der Waals surface area contributed by atoms with Gasteiger partial charge in [-0.05, 0) is 39.7 Å². The maximum atomic E-state index is 5.62. The zero-order valence-corrected chi connectivity index (χ0v) is 13.5. The average Bonchev–Trinajstić information content (AvgIpc) is 2.51. The monoisotopic (exact) mass is 292 g/mol. The first-order chi connectivity index (χ1) is 10.2. The fourth-order valence-corrected chi connectivity index (χ4v) is 2.60. The minimum absolute atomic E-state index is 0.371. The number of aromatic nitrogens is 2. The van der Waals surface area contributed by atoms with Crippen LogP contribution in [0.3, 0.4) is 0 Å². The number of nitrogens with one attached hydrogen (secondary N) is 1. The second kappa shape index (κ2) is 8.17. The van der Waals surface area contributed by atoms with Gasteiger partial charge in [0.15, 0.2) is 0 Å². The molecule has 1 unspecified atom stereocenters. The summed E-state index contributed by atoms with van der Waals surface area (Å²) in [6.07, 6.45) is 6.60. The summed E-state index contributed by atoms with van der Waals surface area (Å²) in [5.74, 6) is 1.44. The summed E-state index contributed by atoms with van der Waals surface area (Å²) in [7, 11) is 0. The van der Waals surface area contributed by atoms with Gasteiger partial charge in [-0.2, -0.15) is 4.98 Å². The number of ether oxygens (including phenoxy) is 1. The molecule has 21 heavy (non-hydrogen) atoms. The second-order valence-electron chi connectivity index (χ2n) is 5.94. The lowest BCUT2D eigenvalue weighted by Crippen LogP contribution is -2.46. The van der Waals surface area contributed by atoms with Crippen LogP contribution in [0.1, 0.15) is 46.5 Å². The maximum absolute atomic E-state index is 5.62. The maximum Gasteiger partial charge on any atom is 0.228 e. The molecule has 1 aliphatic heterocycles. The molecule has 118 valence electrons. The Morgan fingerprint density at radius 1 is 1.43 bits per heavy atom. The average molecular weight is 292 g/mol. The van der Waals surface area contributed by atoms with Crippen LogP contribution in [0.25, 0.3) is 0 Å². The van der Waals surface area contributed by atoms with Crippen molar-refractivity contribution in [2.24, 2.45) is 0 Å². The van der Waals surface area contributed by atoms with E-state index in [2.05, 4.69) is 41.0 Å². The number of nitrogens with zero attached hydrogens (tertiary/aromatic N) is 3. The Kier molecular flexibility index (Phi) is 6.23. The van der Waals surface area contributed by atoms with Crippen LogP contribution in [0.2, 0.25) is 0 Å². The smallest absolute Gasteiger partial charge is 0.228 e. The van der Waals surface area contributed by atoms with Crippen LogP contribution in [0.5, 0.6) is 5.88 Å². The third kappa shape index (κ3) is 4.84. The van der Waals surface area contributed by atoms with E-state index in [0.29, 0.717) is 24.6 Å². The summed E-state index contributed by atoms with van der Waals surface area (Å²) < 4.78 is 5.62. The van der Waals surface area contributed by atoms with Crippen LogP contribution >= 0.6 is 0 Å². The fraction of sp³-hybridized carbons (Fsp3) is 0.750. The Labute approximate surface area is 128 Å². The molecular weight excluding hydrogens is 264 g/mol. The van der Waals surface area contributed by atoms with Crippen molar-refractivity contribution in [3.8, 4) is 5.88 Å². The first kappa shape index (κ1) is 16.0. The molecule has 0 spiro atoms. The topological polar surface area (TPSA) is 50.3 Å². The van der Waals surface area contributed by atoms with Crippen LogP contribution < -0.4 is 15.0 Å². The largest absolute Gasteiger partial charge is 0.478 e. The molecule has 0 aromatic carbocycles. The number of hydrogen-bond acceptors (Lipinski definition) is 5. The van der Waals surface area contributed by atoms with E-state index in [0.717, 1.165) is 25.5 Å². The van der Waals surface area contributed by atoms with Crippen molar-refractivity contribution < 1.29 is 4.74 Å². The molecule has 0 amide bonds. The van der Waals surface area contributed by atoms with E-state index in [-0.39, 0.29) is 0 Å². The Bertz CT molecular complexity index is 418. The van der Waals surface area contributed by atoms with Crippen molar-refractivity contribution >= 4 is 5.95 Å². The fourth-order valence-electron chi connectivity index (χ4n) is 2.60. The molecule has 5 heteroatoms. The minimum Gasteiger partial charge on any atom is -0.478 e. The summed E-state index contributed by atoms with van der Waals surface area (Å²) in [6, 6.07) is 2.73. The van der Waals surface area contributed by atoms with Crippen LogP contribution in [0.4, 0.5) is 5.95 Å². The third-order valence-corrected chi connectivity index (χ3v) is 3.78. The van der Waals surface area contributed by atoms with E-state index in [1.165, 1.54) is 19.3 Å². The molecule has 2 rings (SSSR count). The molecule has 0 bridgehead atoms. The van der Waals surface area contributed by atoms with E-state index in [1.54, 1.807) is 6.20 Å². The van der Waals surface area contributed by atoms with Gasteiger partial charge < -0.3 is 15.0 Å². The SMILES string of the molecule is CCCOc1ccnc(N(CC2CCCCN2)C(C)C)n1. The number of anilines is 1. The van der Waals surface area contributed by atoms with Gasteiger partial charge >= 0.3 is 0 Å². The molecule has 0 aliphatic carbocycles. The van der Waals surface area contributed by atoms with Crippen LogP contribution in [-0.2, 0) is 0 Å². The number of hydrogen-bond donors (Lipinski definition) is 1. The first-order valence-electron chi connectivity index (χ1n) is 8.16. The van der Waals surface area contributed by atoms with Gasteiger partial charge in [-0.25, -0.2) is 4.98 Å². The highest BCUT2D eigenvalue weighted by atomic mass is 16.5. The highest BCUT2D eigenvalue weighted by molar-refractivity contribution is 5.33. The normalized spacial score (nSPS) is 18.8. The molecule has 2 heterocycles. The summed E-state index contributed by atoms with van der Waals surface area (Å²) >= 11 is 0. The van der Waals surface area contributed by atoms with E-state index in [1.807, 2.05) is 6.07 Å². The lowest BCUT2D eigenvalue weighted by molar-refractivity contribution is 0.304. The molecule has 1 aromatic heterocycles. The molecule has 0 saturated carbocycles. The molecular formula is C16H28N4O. The lowest BCUT2D eigenvalue weighted by atomic mass is 10.0. The molecule has 1 saturated heterocycles. The zero-order valence-electron chi connectivity index (χ0n) is 13.5. The van der Waals surface area contributed by atoms with Crippen molar-refractivity contribution in [3.05, 3.63) is 12.3 Å². The van der Waals surface area contributed by atoms with E-state index in [4.69, 9.17) is 4.74 Å². The highest BCUT2D eigenvalue weighted by Crippen LogP contribution is 2.18. The van der Waals surface area contributed by atoms with Gasteiger partial charge in [-0.15, -0.1) is 0 Å². The highest BCUT2D eigenvalue weighted by Gasteiger charge is 2.21. The molecule has 1 aliphatic rings. The number of piperidine rings is 1. The van der Waals surface area contributed by atoms with Gasteiger partial charge in [-0.3, -0.25) is 0 Å². The number of rotatable bonds is 7. The Morgan fingerprint density at radius 3 is 2.95 bits per heavy atom. The van der Waals surface area contributed by atoms with Crippen LogP contribution in [0, 0.1) is 0 Å². The molecule has 0 radical (unpaired) electrons. The third-order valence-electron chi connectivity index (χ3n) is 3.78. The Hall–Kier alpha value is -1.36. The summed E-state index contributed by atoms with van der Waals surface area (Å²) in [5, 5.41) is 3.59. The minimum atomic E-state index is 0.371. The van der Waals surface area contributed by atoms with Gasteiger partial charge in [0.25, 0.3) is 0 Å². The Morgan fingerprint density at radius 2 is 2.29 bits per heavy atom. The molecule has 1 N–H and O–H groups in total. The predicted molar refractivity (Wildman–Crippen MR) is 85.9 cm³/mol. The molecule has 1 aromatic rings. The summed E-state index contributed by atoms with van der Waals surface area (Å²) in [5.41, 5.74) is 0. The van der Waals surface area contributed by atoms with E-state index in [9.17, 15) is 0 Å². The van der Waals surface area contributed by atoms with Crippen molar-refractivity contribution in [2.45, 2.75) is 58.5 Å². The molecule has 1 atom stereocenters. The van der Waals surface area contributed by atoms with Crippen LogP contribution in [0.15, 0.2) is 12.3 Å². The van der Waals surface area contributed by atoms with Gasteiger partial charge in [0, 0.05) is 30.9 Å². The first-order valence-corrected chi connectivity index (χ1v) is 8.16.